The van der Waals surface area contributed by atoms with Gasteiger partial charge >= 0.3 is 0 Å². The van der Waals surface area contributed by atoms with Crippen LogP contribution < -0.4 is 10.6 Å². The Morgan fingerprint density at radius 2 is 2.00 bits per heavy atom. The Morgan fingerprint density at radius 1 is 1.29 bits per heavy atom. The second-order valence-corrected chi connectivity index (χ2v) is 4.88. The molecule has 0 saturated carbocycles. The fourth-order valence-corrected chi connectivity index (χ4v) is 2.29. The molecule has 0 spiro atoms. The lowest BCUT2D eigenvalue weighted by molar-refractivity contribution is -0.122. The van der Waals surface area contributed by atoms with Gasteiger partial charge in [-0.3, -0.25) is 9.69 Å². The molecule has 0 aliphatic carbocycles. The zero-order chi connectivity index (χ0) is 12.5. The van der Waals surface area contributed by atoms with Gasteiger partial charge in [0, 0.05) is 6.54 Å². The molecule has 0 aromatic carbocycles. The third-order valence-electron chi connectivity index (χ3n) is 3.31. The van der Waals surface area contributed by atoms with Crippen molar-refractivity contribution in [3.8, 4) is 0 Å². The summed E-state index contributed by atoms with van der Waals surface area (Å²) >= 11 is 0. The SMILES string of the molecule is CCCNCC1CCN(CC(=O)NCC)CC1. The van der Waals surface area contributed by atoms with E-state index in [4.69, 9.17) is 0 Å². The molecule has 2 N–H and O–H groups in total. The molecule has 100 valence electrons. The summed E-state index contributed by atoms with van der Waals surface area (Å²) in [6, 6.07) is 0. The van der Waals surface area contributed by atoms with Crippen molar-refractivity contribution in [3.63, 3.8) is 0 Å². The summed E-state index contributed by atoms with van der Waals surface area (Å²) in [5, 5.41) is 6.34. The molecule has 0 atom stereocenters. The maximum Gasteiger partial charge on any atom is 0.234 e. The molecule has 1 fully saturated rings. The molecule has 1 rings (SSSR count). The van der Waals surface area contributed by atoms with Crippen LogP contribution in [0, 0.1) is 5.92 Å². The summed E-state index contributed by atoms with van der Waals surface area (Å²) in [5.41, 5.74) is 0. The summed E-state index contributed by atoms with van der Waals surface area (Å²) < 4.78 is 0. The Morgan fingerprint density at radius 3 is 2.59 bits per heavy atom. The quantitative estimate of drug-likeness (QED) is 0.649. The number of rotatable bonds is 7. The molecule has 17 heavy (non-hydrogen) atoms. The van der Waals surface area contributed by atoms with Crippen molar-refractivity contribution in [3.05, 3.63) is 0 Å². The van der Waals surface area contributed by atoms with Crippen LogP contribution in [0.25, 0.3) is 0 Å². The molecule has 0 radical (unpaired) electrons. The molecular weight excluding hydrogens is 214 g/mol. The number of nitrogens with zero attached hydrogens (tertiary/aromatic N) is 1. The minimum absolute atomic E-state index is 0.162. The highest BCUT2D eigenvalue weighted by molar-refractivity contribution is 5.77. The van der Waals surface area contributed by atoms with E-state index in [0.717, 1.165) is 38.6 Å². The standard InChI is InChI=1S/C13H27N3O/c1-3-7-14-10-12-5-8-16(9-6-12)11-13(17)15-4-2/h12,14H,3-11H2,1-2H3,(H,15,17). The molecule has 4 nitrogen and oxygen atoms in total. The first-order chi connectivity index (χ1) is 8.26. The highest BCUT2D eigenvalue weighted by Gasteiger charge is 2.20. The number of carbonyl (C=O) groups is 1. The lowest BCUT2D eigenvalue weighted by atomic mass is 9.97. The Bertz CT molecular complexity index is 213. The van der Waals surface area contributed by atoms with Crippen LogP contribution in [0.2, 0.25) is 0 Å². The van der Waals surface area contributed by atoms with Crippen LogP contribution in [0.4, 0.5) is 0 Å². The molecule has 1 aliphatic heterocycles. The van der Waals surface area contributed by atoms with E-state index >= 15 is 0 Å². The molecule has 4 heteroatoms. The minimum Gasteiger partial charge on any atom is -0.355 e. The van der Waals surface area contributed by atoms with E-state index < -0.39 is 0 Å². The first kappa shape index (κ1) is 14.5. The average Bonchev–Trinajstić information content (AvgIpc) is 2.32. The number of piperidine rings is 1. The van der Waals surface area contributed by atoms with Crippen LogP contribution in [0.5, 0.6) is 0 Å². The van der Waals surface area contributed by atoms with Crippen LogP contribution >= 0.6 is 0 Å². The van der Waals surface area contributed by atoms with Crippen molar-refractivity contribution in [1.29, 1.82) is 0 Å². The van der Waals surface area contributed by atoms with E-state index in [2.05, 4.69) is 22.5 Å². The van der Waals surface area contributed by atoms with Gasteiger partial charge in [0.15, 0.2) is 0 Å². The van der Waals surface area contributed by atoms with E-state index in [0.29, 0.717) is 6.54 Å². The molecule has 1 amide bonds. The summed E-state index contributed by atoms with van der Waals surface area (Å²) in [5.74, 6) is 0.960. The molecule has 1 heterocycles. The second kappa shape index (κ2) is 8.48. The van der Waals surface area contributed by atoms with Crippen molar-refractivity contribution in [2.45, 2.75) is 33.1 Å². The third-order valence-corrected chi connectivity index (χ3v) is 3.31. The molecule has 0 unspecified atom stereocenters. The van der Waals surface area contributed by atoms with E-state index in [-0.39, 0.29) is 5.91 Å². The van der Waals surface area contributed by atoms with Crippen molar-refractivity contribution in [2.75, 3.05) is 39.3 Å². The molecule has 0 aromatic rings. The summed E-state index contributed by atoms with van der Waals surface area (Å²) in [7, 11) is 0. The van der Waals surface area contributed by atoms with Gasteiger partial charge in [-0.15, -0.1) is 0 Å². The molecule has 0 aromatic heterocycles. The summed E-state index contributed by atoms with van der Waals surface area (Å²) in [6.07, 6.45) is 3.64. The fourth-order valence-electron chi connectivity index (χ4n) is 2.29. The Balaban J connectivity index is 2.10. The number of amides is 1. The smallest absolute Gasteiger partial charge is 0.234 e. The maximum atomic E-state index is 11.4. The van der Waals surface area contributed by atoms with Gasteiger partial charge in [0.1, 0.15) is 0 Å². The molecule has 1 saturated heterocycles. The van der Waals surface area contributed by atoms with Crippen LogP contribution in [0.1, 0.15) is 33.1 Å². The monoisotopic (exact) mass is 241 g/mol. The number of nitrogens with one attached hydrogen (secondary N) is 2. The normalized spacial score (nSPS) is 18.2. The number of hydrogen-bond acceptors (Lipinski definition) is 3. The van der Waals surface area contributed by atoms with Crippen LogP contribution in [0.3, 0.4) is 0 Å². The first-order valence-electron chi connectivity index (χ1n) is 6.96. The van der Waals surface area contributed by atoms with Crippen molar-refractivity contribution in [1.82, 2.24) is 15.5 Å². The third kappa shape index (κ3) is 6.03. The topological polar surface area (TPSA) is 44.4 Å². The number of likely N-dealkylation sites (tertiary alicyclic amines) is 1. The van der Waals surface area contributed by atoms with Gasteiger partial charge in [0.05, 0.1) is 6.54 Å². The van der Waals surface area contributed by atoms with Crippen molar-refractivity contribution >= 4 is 5.91 Å². The van der Waals surface area contributed by atoms with Gasteiger partial charge in [-0.1, -0.05) is 6.92 Å². The van der Waals surface area contributed by atoms with Gasteiger partial charge < -0.3 is 10.6 Å². The summed E-state index contributed by atoms with van der Waals surface area (Å²) in [6.45, 7) is 9.86. The minimum atomic E-state index is 0.162. The van der Waals surface area contributed by atoms with Gasteiger partial charge in [-0.25, -0.2) is 0 Å². The largest absolute Gasteiger partial charge is 0.355 e. The predicted octanol–water partition coefficient (Wildman–Crippen LogP) is 0.834. The maximum absolute atomic E-state index is 11.4. The van der Waals surface area contributed by atoms with Crippen LogP contribution in [-0.2, 0) is 4.79 Å². The number of carbonyl (C=O) groups excluding carboxylic acids is 1. The predicted molar refractivity (Wildman–Crippen MR) is 71.0 cm³/mol. The highest BCUT2D eigenvalue weighted by atomic mass is 16.2. The van der Waals surface area contributed by atoms with Gasteiger partial charge in [-0.05, 0) is 58.3 Å². The van der Waals surface area contributed by atoms with Crippen molar-refractivity contribution < 1.29 is 4.79 Å². The molecule has 1 aliphatic rings. The van der Waals surface area contributed by atoms with E-state index in [9.17, 15) is 4.79 Å². The van der Waals surface area contributed by atoms with Crippen LogP contribution in [-0.4, -0.2) is 50.1 Å². The van der Waals surface area contributed by atoms with E-state index in [1.807, 2.05) is 6.92 Å². The second-order valence-electron chi connectivity index (χ2n) is 4.88. The molecular formula is C13H27N3O. The first-order valence-corrected chi connectivity index (χ1v) is 6.96. The Kier molecular flexibility index (Phi) is 7.21. The lowest BCUT2D eigenvalue weighted by Gasteiger charge is -2.31. The van der Waals surface area contributed by atoms with Crippen LogP contribution in [0.15, 0.2) is 0 Å². The van der Waals surface area contributed by atoms with E-state index in [1.165, 1.54) is 19.3 Å². The van der Waals surface area contributed by atoms with E-state index in [1.54, 1.807) is 0 Å². The Hall–Kier alpha value is -0.610. The van der Waals surface area contributed by atoms with Gasteiger partial charge in [0.2, 0.25) is 5.91 Å². The number of likely N-dealkylation sites (N-methyl/N-ethyl adjacent to an activating group) is 1. The summed E-state index contributed by atoms with van der Waals surface area (Å²) in [4.78, 5) is 13.7. The van der Waals surface area contributed by atoms with Gasteiger partial charge in [0.25, 0.3) is 0 Å². The zero-order valence-corrected chi connectivity index (χ0v) is 11.3. The Labute approximate surface area is 105 Å². The van der Waals surface area contributed by atoms with Gasteiger partial charge in [-0.2, -0.15) is 0 Å². The number of hydrogen-bond donors (Lipinski definition) is 2. The fraction of sp³-hybridized carbons (Fsp3) is 0.923. The molecule has 0 bridgehead atoms. The zero-order valence-electron chi connectivity index (χ0n) is 11.3. The average molecular weight is 241 g/mol. The van der Waals surface area contributed by atoms with Crippen molar-refractivity contribution in [2.24, 2.45) is 5.92 Å². The lowest BCUT2D eigenvalue weighted by Crippen LogP contribution is -2.42. The highest BCUT2D eigenvalue weighted by Crippen LogP contribution is 2.15.